The molecule has 1 saturated carbocycles. The van der Waals surface area contributed by atoms with Gasteiger partial charge < -0.3 is 10.4 Å². The zero-order chi connectivity index (χ0) is 15.8. The SMILES string of the molecule is C[C@@H](NC(=O)C1CC1c1ccccc1C(F)(F)F)C(=O)O. The zero-order valence-electron chi connectivity index (χ0n) is 11.1. The van der Waals surface area contributed by atoms with Crippen LogP contribution in [0.4, 0.5) is 13.2 Å². The highest BCUT2D eigenvalue weighted by atomic mass is 19.4. The van der Waals surface area contributed by atoms with Crippen LogP contribution in [0.5, 0.6) is 0 Å². The lowest BCUT2D eigenvalue weighted by atomic mass is 10.0. The van der Waals surface area contributed by atoms with E-state index in [2.05, 4.69) is 5.32 Å². The third kappa shape index (κ3) is 3.34. The minimum Gasteiger partial charge on any atom is -0.480 e. The Morgan fingerprint density at radius 3 is 2.52 bits per heavy atom. The van der Waals surface area contributed by atoms with E-state index in [4.69, 9.17) is 5.11 Å². The molecular formula is C14H14F3NO3. The van der Waals surface area contributed by atoms with E-state index in [0.29, 0.717) is 6.42 Å². The summed E-state index contributed by atoms with van der Waals surface area (Å²) in [6, 6.07) is 4.09. The van der Waals surface area contributed by atoms with Crippen LogP contribution in [-0.2, 0) is 15.8 Å². The van der Waals surface area contributed by atoms with E-state index in [1.165, 1.54) is 25.1 Å². The van der Waals surface area contributed by atoms with E-state index in [-0.39, 0.29) is 5.56 Å². The first kappa shape index (κ1) is 15.3. The fourth-order valence-corrected chi connectivity index (χ4v) is 2.29. The van der Waals surface area contributed by atoms with Gasteiger partial charge in [-0.3, -0.25) is 9.59 Å². The molecule has 1 aliphatic rings. The molecule has 1 aliphatic carbocycles. The largest absolute Gasteiger partial charge is 0.480 e. The van der Waals surface area contributed by atoms with Crippen LogP contribution in [0.1, 0.15) is 30.4 Å². The summed E-state index contributed by atoms with van der Waals surface area (Å²) >= 11 is 0. The number of rotatable bonds is 4. The van der Waals surface area contributed by atoms with E-state index >= 15 is 0 Å². The van der Waals surface area contributed by atoms with Gasteiger partial charge in [-0.05, 0) is 30.9 Å². The maximum absolute atomic E-state index is 12.9. The molecule has 1 aromatic carbocycles. The molecule has 4 nitrogen and oxygen atoms in total. The van der Waals surface area contributed by atoms with Crippen LogP contribution in [0.15, 0.2) is 24.3 Å². The summed E-state index contributed by atoms with van der Waals surface area (Å²) in [6.07, 6.45) is -4.17. The summed E-state index contributed by atoms with van der Waals surface area (Å²) in [5.74, 6) is -2.82. The van der Waals surface area contributed by atoms with Gasteiger partial charge in [0.05, 0.1) is 5.56 Å². The predicted molar refractivity (Wildman–Crippen MR) is 67.5 cm³/mol. The zero-order valence-corrected chi connectivity index (χ0v) is 11.1. The number of carboxylic acids is 1. The van der Waals surface area contributed by atoms with Crippen molar-refractivity contribution in [1.29, 1.82) is 0 Å². The Morgan fingerprint density at radius 2 is 1.95 bits per heavy atom. The summed E-state index contributed by atoms with van der Waals surface area (Å²) in [5, 5.41) is 11.0. The van der Waals surface area contributed by atoms with Crippen molar-refractivity contribution in [2.24, 2.45) is 5.92 Å². The van der Waals surface area contributed by atoms with Crippen LogP contribution < -0.4 is 5.32 Å². The predicted octanol–water partition coefficient (Wildman–Crippen LogP) is 2.40. The molecule has 3 atom stereocenters. The van der Waals surface area contributed by atoms with Gasteiger partial charge in [0.25, 0.3) is 0 Å². The molecule has 2 unspecified atom stereocenters. The van der Waals surface area contributed by atoms with Gasteiger partial charge in [0, 0.05) is 5.92 Å². The Kier molecular flexibility index (Phi) is 3.93. The lowest BCUT2D eigenvalue weighted by Crippen LogP contribution is -2.39. The molecule has 0 aromatic heterocycles. The molecule has 0 aliphatic heterocycles. The van der Waals surface area contributed by atoms with Crippen LogP contribution in [0.25, 0.3) is 0 Å². The summed E-state index contributed by atoms with van der Waals surface area (Å²) in [6.45, 7) is 1.31. The number of carbonyl (C=O) groups is 2. The summed E-state index contributed by atoms with van der Waals surface area (Å²) in [7, 11) is 0. The van der Waals surface area contributed by atoms with E-state index < -0.39 is 41.5 Å². The highest BCUT2D eigenvalue weighted by Crippen LogP contribution is 2.51. The van der Waals surface area contributed by atoms with E-state index in [9.17, 15) is 22.8 Å². The highest BCUT2D eigenvalue weighted by Gasteiger charge is 2.48. The molecule has 1 amide bonds. The smallest absolute Gasteiger partial charge is 0.416 e. The summed E-state index contributed by atoms with van der Waals surface area (Å²) < 4.78 is 38.7. The van der Waals surface area contributed by atoms with Crippen molar-refractivity contribution < 1.29 is 27.9 Å². The number of carboxylic acid groups (broad SMARTS) is 1. The van der Waals surface area contributed by atoms with Crippen molar-refractivity contribution in [1.82, 2.24) is 5.32 Å². The molecule has 2 N–H and O–H groups in total. The van der Waals surface area contributed by atoms with Crippen LogP contribution in [0.3, 0.4) is 0 Å². The monoisotopic (exact) mass is 301 g/mol. The Bertz CT molecular complexity index is 571. The number of carbonyl (C=O) groups excluding carboxylic acids is 1. The molecule has 21 heavy (non-hydrogen) atoms. The number of alkyl halides is 3. The molecule has 114 valence electrons. The van der Waals surface area contributed by atoms with Gasteiger partial charge in [-0.2, -0.15) is 13.2 Å². The molecular weight excluding hydrogens is 287 g/mol. The van der Waals surface area contributed by atoms with Crippen molar-refractivity contribution in [3.8, 4) is 0 Å². The standard InChI is InChI=1S/C14H14F3NO3/c1-7(13(20)21)18-12(19)10-6-9(10)8-4-2-3-5-11(8)14(15,16)17/h2-5,7,9-10H,6H2,1H3,(H,18,19)(H,20,21)/t7-,9?,10?/m1/s1. The molecule has 0 spiro atoms. The minimum atomic E-state index is -4.46. The van der Waals surface area contributed by atoms with Crippen LogP contribution in [0, 0.1) is 5.92 Å². The van der Waals surface area contributed by atoms with Gasteiger partial charge >= 0.3 is 12.1 Å². The molecule has 0 bridgehead atoms. The molecule has 0 saturated heterocycles. The number of benzene rings is 1. The van der Waals surface area contributed by atoms with E-state index in [0.717, 1.165) is 6.07 Å². The third-order valence-corrected chi connectivity index (χ3v) is 3.52. The number of nitrogens with one attached hydrogen (secondary N) is 1. The van der Waals surface area contributed by atoms with Gasteiger partial charge in [0.15, 0.2) is 0 Å². The molecule has 7 heteroatoms. The second kappa shape index (κ2) is 5.38. The van der Waals surface area contributed by atoms with Crippen molar-refractivity contribution >= 4 is 11.9 Å². The van der Waals surface area contributed by atoms with E-state index in [1.807, 2.05) is 0 Å². The van der Waals surface area contributed by atoms with Crippen molar-refractivity contribution in [2.45, 2.75) is 31.5 Å². The fraction of sp³-hybridized carbons (Fsp3) is 0.429. The Labute approximate surface area is 119 Å². The topological polar surface area (TPSA) is 66.4 Å². The third-order valence-electron chi connectivity index (χ3n) is 3.52. The average Bonchev–Trinajstić information content (AvgIpc) is 3.17. The minimum absolute atomic E-state index is 0.0909. The molecule has 2 rings (SSSR count). The Morgan fingerprint density at radius 1 is 1.33 bits per heavy atom. The normalized spacial score (nSPS) is 22.5. The molecule has 0 heterocycles. The Balaban J connectivity index is 2.11. The lowest BCUT2D eigenvalue weighted by molar-refractivity contribution is -0.141. The average molecular weight is 301 g/mol. The van der Waals surface area contributed by atoms with Gasteiger partial charge in [0.1, 0.15) is 6.04 Å². The van der Waals surface area contributed by atoms with Crippen LogP contribution >= 0.6 is 0 Å². The first-order chi connectivity index (χ1) is 9.71. The first-order valence-electron chi connectivity index (χ1n) is 6.41. The highest BCUT2D eigenvalue weighted by molar-refractivity contribution is 5.87. The summed E-state index contributed by atoms with van der Waals surface area (Å²) in [5.41, 5.74) is -0.648. The number of aliphatic carboxylic acids is 1. The first-order valence-corrected chi connectivity index (χ1v) is 6.41. The summed E-state index contributed by atoms with van der Waals surface area (Å²) in [4.78, 5) is 22.5. The number of halogens is 3. The quantitative estimate of drug-likeness (QED) is 0.897. The van der Waals surface area contributed by atoms with Crippen molar-refractivity contribution in [3.05, 3.63) is 35.4 Å². The molecule has 1 aromatic rings. The van der Waals surface area contributed by atoms with Crippen molar-refractivity contribution in [2.75, 3.05) is 0 Å². The van der Waals surface area contributed by atoms with Crippen LogP contribution in [-0.4, -0.2) is 23.0 Å². The second-order valence-electron chi connectivity index (χ2n) is 5.10. The maximum atomic E-state index is 12.9. The number of hydrogen-bond acceptors (Lipinski definition) is 2. The van der Waals surface area contributed by atoms with E-state index in [1.54, 1.807) is 0 Å². The van der Waals surface area contributed by atoms with Gasteiger partial charge in [-0.1, -0.05) is 18.2 Å². The molecule has 0 radical (unpaired) electrons. The van der Waals surface area contributed by atoms with Gasteiger partial charge in [0.2, 0.25) is 5.91 Å². The van der Waals surface area contributed by atoms with Crippen molar-refractivity contribution in [3.63, 3.8) is 0 Å². The van der Waals surface area contributed by atoms with Gasteiger partial charge in [-0.15, -0.1) is 0 Å². The number of hydrogen-bond donors (Lipinski definition) is 2. The molecule has 1 fully saturated rings. The lowest BCUT2D eigenvalue weighted by Gasteiger charge is -2.13. The number of amides is 1. The van der Waals surface area contributed by atoms with Gasteiger partial charge in [-0.25, -0.2) is 0 Å². The van der Waals surface area contributed by atoms with Crippen LogP contribution in [0.2, 0.25) is 0 Å². The Hall–Kier alpha value is -2.05. The maximum Gasteiger partial charge on any atom is 0.416 e. The fourth-order valence-electron chi connectivity index (χ4n) is 2.29. The second-order valence-corrected chi connectivity index (χ2v) is 5.10.